The van der Waals surface area contributed by atoms with Crippen molar-refractivity contribution in [3.8, 4) is 11.1 Å². The molecule has 3 aromatic rings. The van der Waals surface area contributed by atoms with Gasteiger partial charge in [0, 0.05) is 6.54 Å². The van der Waals surface area contributed by atoms with Crippen LogP contribution in [0.15, 0.2) is 57.4 Å². The highest BCUT2D eigenvalue weighted by Crippen LogP contribution is 2.26. The van der Waals surface area contributed by atoms with Gasteiger partial charge in [0.2, 0.25) is 10.0 Å². The minimum atomic E-state index is -3.66. The van der Waals surface area contributed by atoms with Crippen LogP contribution in [-0.4, -0.2) is 20.1 Å². The molecular formula is C16H14ClNO3S3. The van der Waals surface area contributed by atoms with Crippen LogP contribution in [0.3, 0.4) is 0 Å². The van der Waals surface area contributed by atoms with E-state index in [9.17, 15) is 13.5 Å². The zero-order valence-corrected chi connectivity index (χ0v) is 15.6. The molecule has 2 heterocycles. The third kappa shape index (κ3) is 4.05. The Morgan fingerprint density at radius 3 is 2.42 bits per heavy atom. The highest BCUT2D eigenvalue weighted by Gasteiger charge is 2.18. The van der Waals surface area contributed by atoms with Crippen molar-refractivity contribution in [2.24, 2.45) is 0 Å². The number of halogens is 1. The summed E-state index contributed by atoms with van der Waals surface area (Å²) in [7, 11) is -3.66. The second-order valence-corrected chi connectivity index (χ2v) is 9.55. The van der Waals surface area contributed by atoms with Crippen LogP contribution in [0.1, 0.15) is 11.7 Å². The van der Waals surface area contributed by atoms with Gasteiger partial charge in [-0.2, -0.15) is 11.3 Å². The first kappa shape index (κ1) is 17.6. The molecule has 0 aliphatic rings. The van der Waals surface area contributed by atoms with Crippen LogP contribution < -0.4 is 4.72 Å². The quantitative estimate of drug-likeness (QED) is 0.654. The Bertz CT molecular complexity index is 902. The van der Waals surface area contributed by atoms with Gasteiger partial charge in [-0.3, -0.25) is 0 Å². The minimum Gasteiger partial charge on any atom is -0.387 e. The fourth-order valence-corrected chi connectivity index (χ4v) is 5.38. The van der Waals surface area contributed by atoms with Crippen molar-refractivity contribution in [1.82, 2.24) is 4.72 Å². The molecule has 2 aromatic heterocycles. The molecule has 0 amide bonds. The highest BCUT2D eigenvalue weighted by molar-refractivity contribution is 7.91. The lowest BCUT2D eigenvalue weighted by molar-refractivity contribution is 0.182. The Kier molecular flexibility index (Phi) is 5.39. The van der Waals surface area contributed by atoms with Crippen LogP contribution in [-0.2, 0) is 10.0 Å². The first-order valence-corrected chi connectivity index (χ1v) is 10.6. The molecule has 126 valence electrons. The summed E-state index contributed by atoms with van der Waals surface area (Å²) in [6, 6.07) is 12.4. The highest BCUT2D eigenvalue weighted by atomic mass is 35.5. The number of aliphatic hydroxyl groups is 1. The van der Waals surface area contributed by atoms with E-state index in [2.05, 4.69) is 4.72 Å². The summed E-state index contributed by atoms with van der Waals surface area (Å²) in [5, 5.41) is 14.3. The maximum Gasteiger partial charge on any atom is 0.250 e. The maximum absolute atomic E-state index is 12.1. The molecule has 3 rings (SSSR count). The van der Waals surface area contributed by atoms with E-state index in [0.29, 0.717) is 9.90 Å². The molecule has 0 aliphatic heterocycles. The molecule has 0 radical (unpaired) electrons. The lowest BCUT2D eigenvalue weighted by Crippen LogP contribution is -2.28. The summed E-state index contributed by atoms with van der Waals surface area (Å²) in [6.45, 7) is -0.102. The van der Waals surface area contributed by atoms with E-state index in [1.807, 2.05) is 29.0 Å². The van der Waals surface area contributed by atoms with Gasteiger partial charge in [0.1, 0.15) is 4.21 Å². The van der Waals surface area contributed by atoms with E-state index in [1.165, 1.54) is 12.1 Å². The topological polar surface area (TPSA) is 66.4 Å². The van der Waals surface area contributed by atoms with Crippen LogP contribution in [0.5, 0.6) is 0 Å². The number of benzene rings is 1. The van der Waals surface area contributed by atoms with Gasteiger partial charge in [0.25, 0.3) is 0 Å². The Balaban J connectivity index is 1.65. The van der Waals surface area contributed by atoms with Crippen LogP contribution in [0.4, 0.5) is 0 Å². The van der Waals surface area contributed by atoms with Crippen molar-refractivity contribution in [3.05, 3.63) is 63.1 Å². The third-order valence-electron chi connectivity index (χ3n) is 3.43. The van der Waals surface area contributed by atoms with E-state index >= 15 is 0 Å². The smallest absolute Gasteiger partial charge is 0.250 e. The predicted molar refractivity (Wildman–Crippen MR) is 99.2 cm³/mol. The number of sulfonamides is 1. The van der Waals surface area contributed by atoms with E-state index < -0.39 is 16.1 Å². The maximum atomic E-state index is 12.1. The van der Waals surface area contributed by atoms with Crippen molar-refractivity contribution in [1.29, 1.82) is 0 Å². The molecule has 0 saturated heterocycles. The Hall–Kier alpha value is -1.22. The van der Waals surface area contributed by atoms with Crippen molar-refractivity contribution in [3.63, 3.8) is 0 Å². The number of aliphatic hydroxyl groups excluding tert-OH is 1. The minimum absolute atomic E-state index is 0.102. The van der Waals surface area contributed by atoms with E-state index in [4.69, 9.17) is 11.6 Å². The molecule has 0 unspecified atom stereocenters. The standard InChI is InChI=1S/C16H14ClNO3S3/c17-15-5-6-16(23-15)24(20,21)18-9-14(19)12-3-1-11(2-4-12)13-7-8-22-10-13/h1-8,10,14,18-19H,9H2/t14-/m1/s1. The molecule has 0 spiro atoms. The van der Waals surface area contributed by atoms with Gasteiger partial charge in [-0.1, -0.05) is 35.9 Å². The molecule has 8 heteroatoms. The van der Waals surface area contributed by atoms with Crippen LogP contribution >= 0.6 is 34.3 Å². The van der Waals surface area contributed by atoms with Crippen molar-refractivity contribution < 1.29 is 13.5 Å². The number of nitrogens with one attached hydrogen (secondary N) is 1. The predicted octanol–water partition coefficient (Wildman–Crippen LogP) is 4.14. The summed E-state index contributed by atoms with van der Waals surface area (Å²) in [4.78, 5) is 0. The molecule has 2 N–H and O–H groups in total. The second-order valence-electron chi connectivity index (χ2n) is 5.06. The zero-order chi connectivity index (χ0) is 17.2. The van der Waals surface area contributed by atoms with Gasteiger partial charge >= 0.3 is 0 Å². The van der Waals surface area contributed by atoms with Gasteiger partial charge in [-0.05, 0) is 45.6 Å². The zero-order valence-electron chi connectivity index (χ0n) is 12.3. The van der Waals surface area contributed by atoms with E-state index in [1.54, 1.807) is 23.5 Å². The summed E-state index contributed by atoms with van der Waals surface area (Å²) in [5.74, 6) is 0. The number of hydrogen-bond donors (Lipinski definition) is 2. The second kappa shape index (κ2) is 7.35. The van der Waals surface area contributed by atoms with Gasteiger partial charge < -0.3 is 5.11 Å². The largest absolute Gasteiger partial charge is 0.387 e. The average molecular weight is 400 g/mol. The number of rotatable bonds is 6. The third-order valence-corrected chi connectivity index (χ3v) is 7.26. The summed E-state index contributed by atoms with van der Waals surface area (Å²) < 4.78 is 27.2. The Morgan fingerprint density at radius 1 is 1.08 bits per heavy atom. The van der Waals surface area contributed by atoms with E-state index in [0.717, 1.165) is 22.5 Å². The first-order chi connectivity index (χ1) is 11.5. The van der Waals surface area contributed by atoms with Gasteiger partial charge in [-0.15, -0.1) is 11.3 Å². The summed E-state index contributed by atoms with van der Waals surface area (Å²) >= 11 is 8.36. The monoisotopic (exact) mass is 399 g/mol. The normalized spacial score (nSPS) is 13.1. The van der Waals surface area contributed by atoms with Crippen molar-refractivity contribution in [2.75, 3.05) is 6.54 Å². The SMILES string of the molecule is O=S(=O)(NC[C@@H](O)c1ccc(-c2ccsc2)cc1)c1ccc(Cl)s1. The molecule has 0 bridgehead atoms. The summed E-state index contributed by atoms with van der Waals surface area (Å²) in [6.07, 6.45) is -0.924. The lowest BCUT2D eigenvalue weighted by Gasteiger charge is -2.12. The van der Waals surface area contributed by atoms with Crippen molar-refractivity contribution in [2.45, 2.75) is 10.3 Å². The lowest BCUT2D eigenvalue weighted by atomic mass is 10.0. The molecule has 0 aliphatic carbocycles. The molecule has 1 aromatic carbocycles. The number of hydrogen-bond acceptors (Lipinski definition) is 5. The summed E-state index contributed by atoms with van der Waals surface area (Å²) in [5.41, 5.74) is 2.83. The van der Waals surface area contributed by atoms with Crippen molar-refractivity contribution >= 4 is 44.3 Å². The first-order valence-electron chi connectivity index (χ1n) is 7.01. The molecule has 1 atom stereocenters. The molecule has 0 saturated carbocycles. The fourth-order valence-electron chi connectivity index (χ4n) is 2.15. The Labute approximate surface area is 153 Å². The van der Waals surface area contributed by atoms with Gasteiger partial charge in [0.05, 0.1) is 10.4 Å². The molecule has 4 nitrogen and oxygen atoms in total. The average Bonchev–Trinajstić information content (AvgIpc) is 3.24. The van der Waals surface area contributed by atoms with E-state index in [-0.39, 0.29) is 10.8 Å². The fraction of sp³-hybridized carbons (Fsp3) is 0.125. The molecule has 0 fully saturated rings. The molecule has 24 heavy (non-hydrogen) atoms. The number of thiophene rings is 2. The van der Waals surface area contributed by atoms with Crippen LogP contribution in [0.2, 0.25) is 4.34 Å². The van der Waals surface area contributed by atoms with Gasteiger partial charge in [-0.25, -0.2) is 13.1 Å². The van der Waals surface area contributed by atoms with Crippen LogP contribution in [0.25, 0.3) is 11.1 Å². The van der Waals surface area contributed by atoms with Gasteiger partial charge in [0.15, 0.2) is 0 Å². The molecular weight excluding hydrogens is 386 g/mol. The van der Waals surface area contributed by atoms with Crippen LogP contribution in [0, 0.1) is 0 Å². The Morgan fingerprint density at radius 2 is 1.83 bits per heavy atom.